The third-order valence-electron chi connectivity index (χ3n) is 4.64. The maximum absolute atomic E-state index is 12.3. The van der Waals surface area contributed by atoms with Gasteiger partial charge in [-0.25, -0.2) is 4.79 Å². The van der Waals surface area contributed by atoms with Gasteiger partial charge in [-0.3, -0.25) is 4.79 Å². The lowest BCUT2D eigenvalue weighted by Gasteiger charge is -2.38. The molecule has 0 bridgehead atoms. The standard InChI is InChI=1S/C16H23N3O4/c1-18(2)15(21)17-12-10-16(23-11-12)5-7-19(8-6-16)14(20)13-4-3-9-22-13/h3-4,9,12H,5-8,10-11H2,1-2H3,(H,17,21). The number of hydrogen-bond acceptors (Lipinski definition) is 4. The molecule has 0 radical (unpaired) electrons. The predicted molar refractivity (Wildman–Crippen MR) is 83.2 cm³/mol. The van der Waals surface area contributed by atoms with Crippen LogP contribution < -0.4 is 5.32 Å². The first-order valence-electron chi connectivity index (χ1n) is 7.94. The second-order valence-corrected chi connectivity index (χ2v) is 6.51. The van der Waals surface area contributed by atoms with Crippen LogP contribution in [0.4, 0.5) is 4.79 Å². The molecular formula is C16H23N3O4. The van der Waals surface area contributed by atoms with E-state index in [1.165, 1.54) is 11.2 Å². The van der Waals surface area contributed by atoms with Crippen LogP contribution in [0.25, 0.3) is 0 Å². The van der Waals surface area contributed by atoms with E-state index in [0.29, 0.717) is 25.5 Å². The second kappa shape index (κ2) is 6.23. The number of carbonyl (C=O) groups excluding carboxylic acids is 2. The molecular weight excluding hydrogens is 298 g/mol. The number of nitrogens with one attached hydrogen (secondary N) is 1. The van der Waals surface area contributed by atoms with Gasteiger partial charge in [0, 0.05) is 27.2 Å². The molecule has 7 nitrogen and oxygen atoms in total. The Morgan fingerprint density at radius 3 is 2.70 bits per heavy atom. The average Bonchev–Trinajstić information content (AvgIpc) is 3.18. The molecule has 2 saturated heterocycles. The van der Waals surface area contributed by atoms with E-state index >= 15 is 0 Å². The van der Waals surface area contributed by atoms with E-state index in [4.69, 9.17) is 9.15 Å². The smallest absolute Gasteiger partial charge is 0.317 e. The summed E-state index contributed by atoms with van der Waals surface area (Å²) in [7, 11) is 3.44. The SMILES string of the molecule is CN(C)C(=O)NC1COC2(CCN(C(=O)c3ccco3)CC2)C1. The minimum absolute atomic E-state index is 0.0391. The maximum atomic E-state index is 12.3. The lowest BCUT2D eigenvalue weighted by Crippen LogP contribution is -2.47. The lowest BCUT2D eigenvalue weighted by molar-refractivity contribution is -0.0393. The zero-order chi connectivity index (χ0) is 16.4. The average molecular weight is 321 g/mol. The summed E-state index contributed by atoms with van der Waals surface area (Å²) in [5.41, 5.74) is -0.218. The highest BCUT2D eigenvalue weighted by atomic mass is 16.5. The highest BCUT2D eigenvalue weighted by Crippen LogP contribution is 2.36. The van der Waals surface area contributed by atoms with Crippen molar-refractivity contribution in [2.75, 3.05) is 33.8 Å². The van der Waals surface area contributed by atoms with Gasteiger partial charge in [0.25, 0.3) is 5.91 Å². The summed E-state index contributed by atoms with van der Waals surface area (Å²) in [6.07, 6.45) is 3.88. The zero-order valence-electron chi connectivity index (χ0n) is 13.6. The fourth-order valence-corrected chi connectivity index (χ4v) is 3.26. The minimum atomic E-state index is -0.218. The summed E-state index contributed by atoms with van der Waals surface area (Å²) >= 11 is 0. The third-order valence-corrected chi connectivity index (χ3v) is 4.64. The van der Waals surface area contributed by atoms with E-state index in [-0.39, 0.29) is 23.6 Å². The number of furan rings is 1. The molecule has 23 heavy (non-hydrogen) atoms. The molecule has 1 atom stereocenters. The molecule has 7 heteroatoms. The molecule has 3 heterocycles. The normalized spacial score (nSPS) is 23.0. The molecule has 1 aromatic heterocycles. The lowest BCUT2D eigenvalue weighted by atomic mass is 9.87. The summed E-state index contributed by atoms with van der Waals surface area (Å²) in [4.78, 5) is 27.3. The highest BCUT2D eigenvalue weighted by Gasteiger charge is 2.44. The Hall–Kier alpha value is -2.02. The van der Waals surface area contributed by atoms with Crippen LogP contribution in [0.5, 0.6) is 0 Å². The molecule has 2 aliphatic rings. The maximum Gasteiger partial charge on any atom is 0.317 e. The number of piperidine rings is 1. The molecule has 1 unspecified atom stereocenters. The zero-order valence-corrected chi connectivity index (χ0v) is 13.6. The van der Waals surface area contributed by atoms with Crippen LogP contribution in [0, 0.1) is 0 Å². The predicted octanol–water partition coefficient (Wildman–Crippen LogP) is 1.31. The van der Waals surface area contributed by atoms with Crippen LogP contribution in [0.3, 0.4) is 0 Å². The molecule has 3 rings (SSSR count). The van der Waals surface area contributed by atoms with Gasteiger partial charge >= 0.3 is 6.03 Å². The third kappa shape index (κ3) is 3.34. The number of hydrogen-bond donors (Lipinski definition) is 1. The number of rotatable bonds is 2. The Balaban J connectivity index is 1.53. The van der Waals surface area contributed by atoms with Crippen LogP contribution in [0.15, 0.2) is 22.8 Å². The summed E-state index contributed by atoms with van der Waals surface area (Å²) in [5.74, 6) is 0.310. The molecule has 2 fully saturated rings. The number of amides is 3. The van der Waals surface area contributed by atoms with Crippen molar-refractivity contribution >= 4 is 11.9 Å². The Kier molecular flexibility index (Phi) is 4.30. The summed E-state index contributed by atoms with van der Waals surface area (Å²) in [6.45, 7) is 1.83. The monoisotopic (exact) mass is 321 g/mol. The van der Waals surface area contributed by atoms with Gasteiger partial charge in [0.1, 0.15) is 0 Å². The summed E-state index contributed by atoms with van der Waals surface area (Å²) in [6, 6.07) is 3.35. The van der Waals surface area contributed by atoms with E-state index in [1.54, 1.807) is 31.1 Å². The number of urea groups is 1. The van der Waals surface area contributed by atoms with Crippen molar-refractivity contribution in [2.45, 2.75) is 30.9 Å². The quantitative estimate of drug-likeness (QED) is 0.891. The van der Waals surface area contributed by atoms with Gasteiger partial charge in [-0.1, -0.05) is 0 Å². The van der Waals surface area contributed by atoms with Gasteiger partial charge in [0.15, 0.2) is 5.76 Å². The van der Waals surface area contributed by atoms with E-state index in [1.807, 2.05) is 0 Å². The van der Waals surface area contributed by atoms with Crippen molar-refractivity contribution in [1.29, 1.82) is 0 Å². The van der Waals surface area contributed by atoms with E-state index in [2.05, 4.69) is 5.32 Å². The fourth-order valence-electron chi connectivity index (χ4n) is 3.26. The molecule has 0 saturated carbocycles. The Morgan fingerprint density at radius 2 is 2.09 bits per heavy atom. The number of likely N-dealkylation sites (tertiary alicyclic amines) is 1. The van der Waals surface area contributed by atoms with Crippen LogP contribution >= 0.6 is 0 Å². The molecule has 126 valence electrons. The Morgan fingerprint density at radius 1 is 1.35 bits per heavy atom. The van der Waals surface area contributed by atoms with Gasteiger partial charge in [0.05, 0.1) is 24.5 Å². The van der Waals surface area contributed by atoms with Gasteiger partial charge < -0.3 is 24.3 Å². The highest BCUT2D eigenvalue weighted by molar-refractivity contribution is 5.91. The van der Waals surface area contributed by atoms with Crippen LogP contribution in [0.2, 0.25) is 0 Å². The molecule has 1 N–H and O–H groups in total. The first-order valence-corrected chi connectivity index (χ1v) is 7.94. The van der Waals surface area contributed by atoms with Crippen molar-refractivity contribution in [3.05, 3.63) is 24.2 Å². The van der Waals surface area contributed by atoms with Crippen molar-refractivity contribution in [2.24, 2.45) is 0 Å². The van der Waals surface area contributed by atoms with Crippen LogP contribution in [-0.4, -0.2) is 67.2 Å². The topological polar surface area (TPSA) is 75.0 Å². The van der Waals surface area contributed by atoms with Gasteiger partial charge in [-0.2, -0.15) is 0 Å². The van der Waals surface area contributed by atoms with Crippen molar-refractivity contribution < 1.29 is 18.7 Å². The minimum Gasteiger partial charge on any atom is -0.459 e. The van der Waals surface area contributed by atoms with Gasteiger partial charge in [0.2, 0.25) is 0 Å². The summed E-state index contributed by atoms with van der Waals surface area (Å²) in [5, 5.41) is 2.97. The van der Waals surface area contributed by atoms with E-state index < -0.39 is 0 Å². The Bertz CT molecular complexity index is 562. The summed E-state index contributed by atoms with van der Waals surface area (Å²) < 4.78 is 11.2. The molecule has 3 amide bonds. The van der Waals surface area contributed by atoms with Gasteiger partial charge in [-0.05, 0) is 31.4 Å². The largest absolute Gasteiger partial charge is 0.459 e. The fraction of sp³-hybridized carbons (Fsp3) is 0.625. The number of carbonyl (C=O) groups is 2. The second-order valence-electron chi connectivity index (χ2n) is 6.51. The molecule has 2 aliphatic heterocycles. The molecule has 1 spiro atoms. The molecule has 1 aromatic rings. The van der Waals surface area contributed by atoms with Gasteiger partial charge in [-0.15, -0.1) is 0 Å². The number of ether oxygens (including phenoxy) is 1. The van der Waals surface area contributed by atoms with Crippen LogP contribution in [-0.2, 0) is 4.74 Å². The van der Waals surface area contributed by atoms with Crippen LogP contribution in [0.1, 0.15) is 29.8 Å². The first-order chi connectivity index (χ1) is 11.0. The molecule has 0 aliphatic carbocycles. The number of nitrogens with zero attached hydrogens (tertiary/aromatic N) is 2. The first kappa shape index (κ1) is 15.9. The Labute approximate surface area is 135 Å². The van der Waals surface area contributed by atoms with Crippen molar-refractivity contribution in [1.82, 2.24) is 15.1 Å². The van der Waals surface area contributed by atoms with E-state index in [0.717, 1.165) is 19.3 Å². The van der Waals surface area contributed by atoms with Crippen molar-refractivity contribution in [3.63, 3.8) is 0 Å². The molecule has 0 aromatic carbocycles. The van der Waals surface area contributed by atoms with Crippen molar-refractivity contribution in [3.8, 4) is 0 Å². The van der Waals surface area contributed by atoms with E-state index in [9.17, 15) is 9.59 Å².